The van der Waals surface area contributed by atoms with E-state index in [9.17, 15) is 13.2 Å². The number of carbonyl (C=O) groups is 1. The van der Waals surface area contributed by atoms with Gasteiger partial charge in [0.25, 0.3) is 0 Å². The highest BCUT2D eigenvalue weighted by Crippen LogP contribution is 2.28. The molecule has 2 aromatic carbocycles. The molecule has 6 nitrogen and oxygen atoms in total. The van der Waals surface area contributed by atoms with E-state index in [1.165, 1.54) is 22.0 Å². The van der Waals surface area contributed by atoms with Gasteiger partial charge in [0.05, 0.1) is 11.6 Å². The number of nitrogens with one attached hydrogen (secondary N) is 1. The SMILES string of the molecule is O=C(CN1CCN(S(=O)(=O)c2cc(Cl)ccc2Cl)CC1)NCCCc1ccccc1. The van der Waals surface area contributed by atoms with Crippen molar-refractivity contribution in [2.45, 2.75) is 17.7 Å². The molecule has 0 atom stereocenters. The molecule has 0 spiro atoms. The second kappa shape index (κ2) is 10.6. The van der Waals surface area contributed by atoms with Crippen molar-refractivity contribution in [2.75, 3.05) is 39.3 Å². The molecule has 1 aliphatic rings. The molecule has 1 amide bonds. The second-order valence-corrected chi connectivity index (χ2v) is 9.94. The number of amides is 1. The van der Waals surface area contributed by atoms with E-state index in [-0.39, 0.29) is 22.4 Å². The van der Waals surface area contributed by atoms with Gasteiger partial charge in [-0.2, -0.15) is 4.31 Å². The highest BCUT2D eigenvalue weighted by molar-refractivity contribution is 7.89. The Labute approximate surface area is 187 Å². The van der Waals surface area contributed by atoms with Crippen LogP contribution in [0.25, 0.3) is 0 Å². The van der Waals surface area contributed by atoms with Gasteiger partial charge < -0.3 is 5.32 Å². The predicted molar refractivity (Wildman–Crippen MR) is 119 cm³/mol. The van der Waals surface area contributed by atoms with Crippen molar-refractivity contribution in [3.63, 3.8) is 0 Å². The Balaban J connectivity index is 1.42. The lowest BCUT2D eigenvalue weighted by Crippen LogP contribution is -2.51. The van der Waals surface area contributed by atoms with Crippen molar-refractivity contribution in [1.82, 2.24) is 14.5 Å². The number of nitrogens with zero attached hydrogens (tertiary/aromatic N) is 2. The first-order chi connectivity index (χ1) is 14.4. The molecule has 2 aromatic rings. The highest BCUT2D eigenvalue weighted by atomic mass is 35.5. The van der Waals surface area contributed by atoms with Crippen LogP contribution in [-0.2, 0) is 21.2 Å². The van der Waals surface area contributed by atoms with Crippen LogP contribution in [0.3, 0.4) is 0 Å². The van der Waals surface area contributed by atoms with Crippen molar-refractivity contribution in [3.05, 3.63) is 64.1 Å². The molecule has 1 fully saturated rings. The maximum absolute atomic E-state index is 12.9. The van der Waals surface area contributed by atoms with Gasteiger partial charge in [-0.05, 0) is 36.6 Å². The summed E-state index contributed by atoms with van der Waals surface area (Å²) in [4.78, 5) is 14.2. The molecule has 0 aliphatic carbocycles. The minimum atomic E-state index is -3.72. The molecule has 0 aromatic heterocycles. The average molecular weight is 470 g/mol. The smallest absolute Gasteiger partial charge is 0.244 e. The predicted octanol–water partition coefficient (Wildman–Crippen LogP) is 3.05. The largest absolute Gasteiger partial charge is 0.355 e. The number of rotatable bonds is 8. The Hall–Kier alpha value is -1.64. The van der Waals surface area contributed by atoms with Crippen LogP contribution in [0.2, 0.25) is 10.0 Å². The van der Waals surface area contributed by atoms with Crippen LogP contribution in [0.4, 0.5) is 0 Å². The molecule has 30 heavy (non-hydrogen) atoms. The lowest BCUT2D eigenvalue weighted by atomic mass is 10.1. The molecule has 0 saturated carbocycles. The average Bonchev–Trinajstić information content (AvgIpc) is 2.74. The minimum absolute atomic E-state index is 0.0151. The van der Waals surface area contributed by atoms with E-state index in [4.69, 9.17) is 23.2 Å². The van der Waals surface area contributed by atoms with Crippen LogP contribution in [-0.4, -0.2) is 62.8 Å². The van der Waals surface area contributed by atoms with Gasteiger partial charge in [0.2, 0.25) is 15.9 Å². The maximum atomic E-state index is 12.9. The molecule has 1 saturated heterocycles. The molecule has 9 heteroatoms. The molecular weight excluding hydrogens is 445 g/mol. The van der Waals surface area contributed by atoms with Crippen LogP contribution in [0.1, 0.15) is 12.0 Å². The van der Waals surface area contributed by atoms with Crippen LogP contribution >= 0.6 is 23.2 Å². The summed E-state index contributed by atoms with van der Waals surface area (Å²) in [7, 11) is -3.72. The summed E-state index contributed by atoms with van der Waals surface area (Å²) in [6.45, 7) is 2.44. The lowest BCUT2D eigenvalue weighted by molar-refractivity contribution is -0.122. The zero-order chi connectivity index (χ0) is 21.6. The minimum Gasteiger partial charge on any atom is -0.355 e. The van der Waals surface area contributed by atoms with Crippen LogP contribution in [0, 0.1) is 0 Å². The summed E-state index contributed by atoms with van der Waals surface area (Å²) in [5.74, 6) is -0.0442. The third-order valence-electron chi connectivity index (χ3n) is 5.02. The van der Waals surface area contributed by atoms with Gasteiger partial charge in [-0.1, -0.05) is 53.5 Å². The molecule has 1 aliphatic heterocycles. The Bertz CT molecular complexity index is 963. The Morgan fingerprint density at radius 1 is 1.00 bits per heavy atom. The number of sulfonamides is 1. The fourth-order valence-corrected chi connectivity index (χ4v) is 5.53. The monoisotopic (exact) mass is 469 g/mol. The van der Waals surface area contributed by atoms with Crippen molar-refractivity contribution < 1.29 is 13.2 Å². The van der Waals surface area contributed by atoms with Crippen LogP contribution in [0.5, 0.6) is 0 Å². The Kier molecular flexibility index (Phi) is 8.13. The van der Waals surface area contributed by atoms with Gasteiger partial charge in [0.1, 0.15) is 4.90 Å². The standard InChI is InChI=1S/C21H25Cl2N3O3S/c22-18-8-9-19(23)20(15-18)30(28,29)26-13-11-25(12-14-26)16-21(27)24-10-4-7-17-5-2-1-3-6-17/h1-3,5-6,8-9,15H,4,7,10-14,16H2,(H,24,27). The molecule has 3 rings (SSSR count). The summed E-state index contributed by atoms with van der Waals surface area (Å²) >= 11 is 12.0. The Morgan fingerprint density at radius 3 is 2.40 bits per heavy atom. The van der Waals surface area contributed by atoms with Gasteiger partial charge >= 0.3 is 0 Å². The number of carbonyl (C=O) groups excluding carboxylic acids is 1. The normalized spacial score (nSPS) is 15.8. The fourth-order valence-electron chi connectivity index (χ4n) is 3.37. The zero-order valence-electron chi connectivity index (χ0n) is 16.6. The number of hydrogen-bond donors (Lipinski definition) is 1. The van der Waals surface area contributed by atoms with E-state index in [0.717, 1.165) is 12.8 Å². The van der Waals surface area contributed by atoms with Crippen molar-refractivity contribution in [2.24, 2.45) is 0 Å². The number of hydrogen-bond acceptors (Lipinski definition) is 4. The third kappa shape index (κ3) is 6.18. The van der Waals surface area contributed by atoms with Crippen molar-refractivity contribution >= 4 is 39.1 Å². The first-order valence-electron chi connectivity index (χ1n) is 9.84. The first-order valence-corrected chi connectivity index (χ1v) is 12.0. The van der Waals surface area contributed by atoms with Gasteiger partial charge in [0.15, 0.2) is 0 Å². The molecule has 0 bridgehead atoms. The topological polar surface area (TPSA) is 69.7 Å². The van der Waals surface area contributed by atoms with E-state index >= 15 is 0 Å². The highest BCUT2D eigenvalue weighted by Gasteiger charge is 2.30. The number of benzene rings is 2. The molecular formula is C21H25Cl2N3O3S. The summed E-state index contributed by atoms with van der Waals surface area (Å²) in [6, 6.07) is 14.6. The van der Waals surface area contributed by atoms with E-state index in [2.05, 4.69) is 17.4 Å². The number of halogens is 2. The van der Waals surface area contributed by atoms with Crippen molar-refractivity contribution in [1.29, 1.82) is 0 Å². The summed E-state index contributed by atoms with van der Waals surface area (Å²) in [5, 5.41) is 3.41. The molecule has 1 N–H and O–H groups in total. The van der Waals surface area contributed by atoms with Gasteiger partial charge in [-0.3, -0.25) is 9.69 Å². The number of aryl methyl sites for hydroxylation is 1. The number of piperazine rings is 1. The van der Waals surface area contributed by atoms with E-state index in [0.29, 0.717) is 37.7 Å². The van der Waals surface area contributed by atoms with E-state index in [1.807, 2.05) is 23.1 Å². The zero-order valence-corrected chi connectivity index (χ0v) is 18.9. The quantitative estimate of drug-likeness (QED) is 0.603. The summed E-state index contributed by atoms with van der Waals surface area (Å²) < 4.78 is 27.1. The second-order valence-electron chi connectivity index (χ2n) is 7.19. The summed E-state index contributed by atoms with van der Waals surface area (Å²) in [6.07, 6.45) is 1.80. The van der Waals surface area contributed by atoms with Gasteiger partial charge in [0, 0.05) is 37.7 Å². The third-order valence-corrected chi connectivity index (χ3v) is 7.63. The molecule has 162 valence electrons. The maximum Gasteiger partial charge on any atom is 0.244 e. The molecule has 1 heterocycles. The van der Waals surface area contributed by atoms with E-state index < -0.39 is 10.0 Å². The van der Waals surface area contributed by atoms with Crippen molar-refractivity contribution in [3.8, 4) is 0 Å². The lowest BCUT2D eigenvalue weighted by Gasteiger charge is -2.33. The van der Waals surface area contributed by atoms with E-state index in [1.54, 1.807) is 6.07 Å². The first kappa shape index (κ1) is 23.0. The van der Waals surface area contributed by atoms with Gasteiger partial charge in [-0.15, -0.1) is 0 Å². The van der Waals surface area contributed by atoms with Crippen LogP contribution in [0.15, 0.2) is 53.4 Å². The van der Waals surface area contributed by atoms with Crippen LogP contribution < -0.4 is 5.32 Å². The molecule has 0 unspecified atom stereocenters. The summed E-state index contributed by atoms with van der Waals surface area (Å²) in [5.41, 5.74) is 1.25. The molecule has 0 radical (unpaired) electrons. The van der Waals surface area contributed by atoms with Gasteiger partial charge in [-0.25, -0.2) is 8.42 Å². The fraction of sp³-hybridized carbons (Fsp3) is 0.381. The Morgan fingerprint density at radius 2 is 1.70 bits per heavy atom.